The number of aromatic amines is 1. The minimum atomic E-state index is -2.10. The second-order valence-electron chi connectivity index (χ2n) is 36.7. The number of carboxylic acids is 2. The molecule has 4 aromatic rings. The molecular formula is C94H140N24O27. The fourth-order valence-corrected chi connectivity index (χ4v) is 15.3. The number of para-hydroxylation sites is 1. The average molecular weight is 2040 g/mol. The van der Waals surface area contributed by atoms with Crippen molar-refractivity contribution in [2.75, 3.05) is 26.2 Å². The van der Waals surface area contributed by atoms with E-state index in [4.69, 9.17) is 28.3 Å². The monoisotopic (exact) mass is 2040 g/mol. The Kier molecular flexibility index (Phi) is 48.5. The lowest BCUT2D eigenvalue weighted by Gasteiger charge is -2.31. The van der Waals surface area contributed by atoms with Gasteiger partial charge in [0.25, 0.3) is 0 Å². The summed E-state index contributed by atoms with van der Waals surface area (Å²) in [6, 6.07) is -9.82. The van der Waals surface area contributed by atoms with Gasteiger partial charge in [-0.05, 0) is 137 Å². The maximum absolute atomic E-state index is 15.3. The van der Waals surface area contributed by atoms with Crippen molar-refractivity contribution in [3.63, 3.8) is 0 Å². The number of aromatic hydroxyl groups is 2. The Labute approximate surface area is 836 Å². The maximum atomic E-state index is 15.3. The number of phenols is 2. The van der Waals surface area contributed by atoms with Crippen LogP contribution in [0.4, 0.5) is 0 Å². The number of hydrogen-bond donors (Lipinski definition) is 29. The molecule has 51 heteroatoms. The topological polar surface area (TPSA) is 831 Å². The average Bonchev–Trinajstić information content (AvgIpc) is 1.66. The third kappa shape index (κ3) is 39.2. The number of phenolic OH excluding ortho intramolecular Hbond substituents is 2. The van der Waals surface area contributed by atoms with Crippen LogP contribution in [0, 0.1) is 29.1 Å². The Hall–Kier alpha value is -15.2. The number of nitrogens with one attached hydrogen (secondary N) is 19. The molecule has 0 unspecified atom stereocenters. The van der Waals surface area contributed by atoms with E-state index in [0.717, 1.165) is 20.8 Å². The summed E-state index contributed by atoms with van der Waals surface area (Å²) in [6.45, 7) is 15.5. The van der Waals surface area contributed by atoms with Crippen LogP contribution in [0.2, 0.25) is 0 Å². The lowest BCUT2D eigenvalue weighted by atomic mass is 9.95. The number of H-pyrrole nitrogens is 1. The molecule has 798 valence electrons. The van der Waals surface area contributed by atoms with Crippen molar-refractivity contribution in [2.45, 2.75) is 282 Å². The molecule has 1 aliphatic heterocycles. The smallest absolute Gasteiger partial charge is 0.325 e. The van der Waals surface area contributed by atoms with Gasteiger partial charge >= 0.3 is 11.9 Å². The number of aliphatic hydroxyl groups is 2. The van der Waals surface area contributed by atoms with Gasteiger partial charge in [0.15, 0.2) is 5.96 Å². The van der Waals surface area contributed by atoms with Gasteiger partial charge in [-0.3, -0.25) is 106 Å². The molecule has 19 amide bonds. The Bertz CT molecular complexity index is 5230. The molecule has 2 heterocycles. The third-order valence-corrected chi connectivity index (χ3v) is 23.9. The van der Waals surface area contributed by atoms with Crippen LogP contribution in [-0.4, -0.2) is 306 Å². The van der Waals surface area contributed by atoms with Crippen molar-refractivity contribution in [3.05, 3.63) is 95.7 Å². The van der Waals surface area contributed by atoms with Gasteiger partial charge in [-0.25, -0.2) is 0 Å². The van der Waals surface area contributed by atoms with E-state index in [9.17, 15) is 117 Å². The number of likely N-dealkylation sites (tertiary alicyclic amines) is 1. The number of carboxylic acid groups (broad SMARTS) is 2. The summed E-state index contributed by atoms with van der Waals surface area (Å²) in [7, 11) is 0. The van der Waals surface area contributed by atoms with Crippen LogP contribution in [0.25, 0.3) is 10.9 Å². The predicted molar refractivity (Wildman–Crippen MR) is 521 cm³/mol. The number of guanidine groups is 1. The Morgan fingerprint density at radius 3 is 1.41 bits per heavy atom. The first-order chi connectivity index (χ1) is 68.2. The molecule has 0 saturated carbocycles. The summed E-state index contributed by atoms with van der Waals surface area (Å²) >= 11 is 0. The lowest BCUT2D eigenvalue weighted by molar-refractivity contribution is -0.142. The molecule has 0 aliphatic carbocycles. The van der Waals surface area contributed by atoms with Crippen molar-refractivity contribution >= 4 is 141 Å². The second-order valence-corrected chi connectivity index (χ2v) is 36.7. The zero-order valence-corrected chi connectivity index (χ0v) is 82.9. The number of aromatic nitrogens is 1. The molecule has 1 fully saturated rings. The number of aliphatic hydroxyl groups excluding tert-OH is 2. The molecular weight excluding hydrogens is 1900 g/mol. The van der Waals surface area contributed by atoms with Gasteiger partial charge in [-0.15, -0.1) is 0 Å². The molecule has 5 rings (SSSR count). The van der Waals surface area contributed by atoms with Crippen molar-refractivity contribution in [1.29, 1.82) is 5.41 Å². The number of primary amides is 2. The number of fused-ring (bicyclic) bond motifs is 1. The highest BCUT2D eigenvalue weighted by atomic mass is 16.4. The van der Waals surface area contributed by atoms with E-state index in [0.29, 0.717) is 22.9 Å². The first-order valence-electron chi connectivity index (χ1n) is 47.5. The minimum absolute atomic E-state index is 0.00750. The highest BCUT2D eigenvalue weighted by Gasteiger charge is 2.44. The van der Waals surface area contributed by atoms with Crippen molar-refractivity contribution in [2.24, 2.45) is 46.6 Å². The van der Waals surface area contributed by atoms with Crippen LogP contribution >= 0.6 is 0 Å². The molecule has 1 aromatic heterocycles. The van der Waals surface area contributed by atoms with Crippen LogP contribution in [-0.2, 0) is 120 Å². The molecule has 51 nitrogen and oxygen atoms in total. The number of rotatable bonds is 60. The zero-order valence-electron chi connectivity index (χ0n) is 82.9. The lowest BCUT2D eigenvalue weighted by Crippen LogP contribution is -2.62. The third-order valence-electron chi connectivity index (χ3n) is 23.9. The molecule has 33 N–H and O–H groups in total. The van der Waals surface area contributed by atoms with Gasteiger partial charge in [0, 0.05) is 55.9 Å². The van der Waals surface area contributed by atoms with Gasteiger partial charge in [0.05, 0.1) is 38.1 Å². The number of nitrogens with zero attached hydrogens (tertiary/aromatic N) is 1. The molecule has 20 atom stereocenters. The molecule has 0 spiro atoms. The largest absolute Gasteiger partial charge is 0.508 e. The van der Waals surface area contributed by atoms with E-state index in [2.05, 4.69) is 95.4 Å². The second kappa shape index (κ2) is 58.4. The number of carbonyl (C=O) groups excluding carboxylic acids is 19. The van der Waals surface area contributed by atoms with E-state index in [1.165, 1.54) is 81.1 Å². The van der Waals surface area contributed by atoms with E-state index in [-0.39, 0.29) is 86.6 Å². The Morgan fingerprint density at radius 1 is 0.462 bits per heavy atom. The molecule has 0 bridgehead atoms. The number of aliphatic carboxylic acids is 2. The van der Waals surface area contributed by atoms with E-state index in [1.807, 2.05) is 13.8 Å². The highest BCUT2D eigenvalue weighted by Crippen LogP contribution is 2.25. The molecule has 1 saturated heterocycles. The van der Waals surface area contributed by atoms with Gasteiger partial charge < -0.3 is 154 Å². The molecule has 1 aliphatic rings. The summed E-state index contributed by atoms with van der Waals surface area (Å²) in [5.74, 6) is -26.5. The van der Waals surface area contributed by atoms with Crippen LogP contribution in [0.3, 0.4) is 0 Å². The SMILES string of the molecule is CC[C@H](C)[C@H](NC(=O)[C@H](CCCNC(=N)N)NC(=O)[C@H](Cc1c[nH]c2ccccc12)NC(=O)[C@H](CCC(N)=O)NC(=O)[C@@H]1CCCN1C(=O)[C@H](CC(C)C)NC(=O)[C@H](C)N)C(=O)N[C@@H](Cc1ccc(O)cc1)C(=O)N[C@@H](CO)C(=O)N[C@@H](Cc1ccc(O)cc1)C(=O)N[C@@H](C)C(=O)NCC(=O)N[C@@H](CC(=O)O)C(=O)N[C@@H](CC(N)=O)C(=O)N[C@H](C(=O)N[C@H](C(=O)N[C@H](C(=O)N[C@@H](C)C(=O)O)[C@@H](C)O)C(C)C)[C@@H](C)CC. The van der Waals surface area contributed by atoms with Crippen molar-refractivity contribution in [1.82, 2.24) is 100 Å². The van der Waals surface area contributed by atoms with Gasteiger partial charge in [0.1, 0.15) is 108 Å². The molecule has 3 aromatic carbocycles. The number of benzene rings is 3. The Morgan fingerprint density at radius 2 is 0.903 bits per heavy atom. The van der Waals surface area contributed by atoms with E-state index < -0.39 is 308 Å². The summed E-state index contributed by atoms with van der Waals surface area (Å²) in [5.41, 5.74) is 24.1. The van der Waals surface area contributed by atoms with Crippen LogP contribution in [0.15, 0.2) is 79.0 Å². The fraction of sp³-hybridized carbons (Fsp3) is 0.553. The standard InChI is InChI=1S/C94H140N24O27/c1-13-46(7)74(115-80(131)59(21-17-33-100-94(98)99)106-83(134)63(38-54-41-101-58-20-16-15-19-57(54)58)109-79(130)60(31-32-69(96)123)107-87(138)68-22-18-34-118(68)92(143)66(35-44(3)4)112-77(128)48(9)95)89(140)111-62(37-53-25-29-56(122)30-26-53)82(133)113-67(43-119)86(137)108-61(36-52-23-27-55(121)28-24-52)81(132)103-49(10)78(129)102-42-71(125)105-65(40-72(126)127)84(135)110-64(39-70(97)124)85(136)116-75(47(8)14-2)90(141)114-73(45(5)6)88(139)117-76(51(12)120)91(142)104-50(11)93(144)145/h15-16,19-20,23-30,41,44-51,59-68,73-76,101,119-122H,13-14,17-18,21-22,31-40,42-43,95H2,1-12H3,(H2,96,123)(H2,97,124)(H,102,129)(H,103,132)(H,104,142)(H,105,125)(H,106,134)(H,107,138)(H,108,137)(H,109,130)(H,110,135)(H,111,140)(H,112,128)(H,113,133)(H,114,141)(H,115,131)(H,116,136)(H,117,139)(H,126,127)(H,144,145)(H4,98,99,100)/t46-,47-,48-,49-,50-,51+,59-,60-,61-,62-,63-,64-,65-,66-,67-,68-,73-,74-,75-,76-/m0/s1. The number of nitrogens with two attached hydrogens (primary N) is 4. The Balaban J connectivity index is 1.38. The van der Waals surface area contributed by atoms with Gasteiger partial charge in [-0.2, -0.15) is 0 Å². The first kappa shape index (κ1) is 120. The first-order valence-corrected chi connectivity index (χ1v) is 47.5. The summed E-state index contributed by atoms with van der Waals surface area (Å²) in [4.78, 5) is 295. The number of amides is 19. The van der Waals surface area contributed by atoms with E-state index in [1.54, 1.807) is 51.2 Å². The summed E-state index contributed by atoms with van der Waals surface area (Å²) in [5, 5.41) is 111. The van der Waals surface area contributed by atoms with Gasteiger partial charge in [-0.1, -0.05) is 111 Å². The predicted octanol–water partition coefficient (Wildman–Crippen LogP) is -6.50. The van der Waals surface area contributed by atoms with Crippen LogP contribution < -0.4 is 113 Å². The fourth-order valence-electron chi connectivity index (χ4n) is 15.3. The zero-order chi connectivity index (χ0) is 109. The normalized spacial score (nSPS) is 16.2. The van der Waals surface area contributed by atoms with Crippen molar-refractivity contribution in [3.8, 4) is 11.5 Å². The maximum Gasteiger partial charge on any atom is 0.325 e. The minimum Gasteiger partial charge on any atom is -0.508 e. The summed E-state index contributed by atoms with van der Waals surface area (Å²) in [6.07, 6.45) is -3.61. The van der Waals surface area contributed by atoms with Crippen LogP contribution in [0.5, 0.6) is 11.5 Å². The highest BCUT2D eigenvalue weighted by molar-refractivity contribution is 6.03. The molecule has 145 heavy (non-hydrogen) atoms. The number of hydrogen-bond acceptors (Lipinski definition) is 27. The van der Waals surface area contributed by atoms with Crippen molar-refractivity contribution < 1.29 is 131 Å². The van der Waals surface area contributed by atoms with Crippen LogP contribution in [0.1, 0.15) is 170 Å². The number of carbonyl (C=O) groups is 21. The van der Waals surface area contributed by atoms with E-state index >= 15 is 14.4 Å². The quantitative estimate of drug-likeness (QED) is 0.0111. The van der Waals surface area contributed by atoms with Gasteiger partial charge in [0.2, 0.25) is 112 Å². The summed E-state index contributed by atoms with van der Waals surface area (Å²) < 4.78 is 0. The molecule has 0 radical (unpaired) electrons.